The third-order valence-corrected chi connectivity index (χ3v) is 5.71. The van der Waals surface area contributed by atoms with Gasteiger partial charge in [-0.25, -0.2) is 0 Å². The molecule has 28 heavy (non-hydrogen) atoms. The van der Waals surface area contributed by atoms with Crippen LogP contribution in [-0.4, -0.2) is 63.8 Å². The van der Waals surface area contributed by atoms with E-state index >= 15 is 0 Å². The first kappa shape index (κ1) is 17.7. The van der Waals surface area contributed by atoms with Crippen molar-refractivity contribution in [3.8, 4) is 0 Å². The minimum Gasteiger partial charge on any atom is -0.296 e. The van der Waals surface area contributed by atoms with Gasteiger partial charge in [0.25, 0.3) is 0 Å². The zero-order chi connectivity index (χ0) is 18.8. The van der Waals surface area contributed by atoms with Crippen LogP contribution in [0.1, 0.15) is 11.1 Å². The van der Waals surface area contributed by atoms with E-state index < -0.39 is 0 Å². The number of fused-ring (bicyclic) bond motifs is 2. The summed E-state index contributed by atoms with van der Waals surface area (Å²) in [5.74, 6) is 0. The molecule has 1 aromatic carbocycles. The number of hydrogen-bond acceptors (Lipinski definition) is 6. The molecule has 6 heteroatoms. The molecule has 5 rings (SSSR count). The van der Waals surface area contributed by atoms with Gasteiger partial charge in [-0.15, -0.1) is 0 Å². The maximum Gasteiger partial charge on any atom is 0.100 e. The highest BCUT2D eigenvalue weighted by Crippen LogP contribution is 2.23. The summed E-state index contributed by atoms with van der Waals surface area (Å²) < 4.78 is 0. The van der Waals surface area contributed by atoms with Crippen molar-refractivity contribution in [2.24, 2.45) is 0 Å². The Balaban J connectivity index is 1.32. The fourth-order valence-electron chi connectivity index (χ4n) is 4.25. The molecule has 0 N–H and O–H groups in total. The van der Waals surface area contributed by atoms with Crippen LogP contribution in [0.2, 0.25) is 0 Å². The minimum absolute atomic E-state index is 0.276. The van der Waals surface area contributed by atoms with Gasteiger partial charge in [-0.2, -0.15) is 5.06 Å². The van der Waals surface area contributed by atoms with Crippen LogP contribution in [-0.2, 0) is 17.9 Å². The summed E-state index contributed by atoms with van der Waals surface area (Å²) in [7, 11) is 0. The van der Waals surface area contributed by atoms with Gasteiger partial charge in [0, 0.05) is 56.7 Å². The molecule has 0 radical (unpaired) electrons. The molecule has 144 valence electrons. The summed E-state index contributed by atoms with van der Waals surface area (Å²) >= 11 is 0. The largest absolute Gasteiger partial charge is 0.296 e. The third kappa shape index (κ3) is 3.64. The van der Waals surface area contributed by atoms with Crippen molar-refractivity contribution in [1.29, 1.82) is 0 Å². The predicted molar refractivity (Wildman–Crippen MR) is 108 cm³/mol. The second-order valence-corrected chi connectivity index (χ2v) is 7.51. The van der Waals surface area contributed by atoms with Crippen molar-refractivity contribution in [2.75, 3.05) is 32.8 Å². The van der Waals surface area contributed by atoms with E-state index in [1.807, 2.05) is 24.7 Å². The second kappa shape index (κ2) is 7.93. The molecule has 0 spiro atoms. The molecule has 1 unspecified atom stereocenters. The van der Waals surface area contributed by atoms with Crippen LogP contribution in [0, 0.1) is 0 Å². The van der Waals surface area contributed by atoms with E-state index in [2.05, 4.69) is 61.2 Å². The normalized spacial score (nSPS) is 21.6. The van der Waals surface area contributed by atoms with Crippen LogP contribution in [0.25, 0.3) is 10.9 Å². The van der Waals surface area contributed by atoms with Gasteiger partial charge in [-0.3, -0.25) is 24.6 Å². The number of piperazine rings is 1. The molecule has 0 bridgehead atoms. The molecule has 2 aliphatic rings. The van der Waals surface area contributed by atoms with E-state index in [-0.39, 0.29) is 6.17 Å². The number of hydrogen-bond donors (Lipinski definition) is 0. The summed E-state index contributed by atoms with van der Waals surface area (Å²) in [5, 5.41) is 3.35. The molecule has 2 aromatic heterocycles. The maximum absolute atomic E-state index is 6.05. The Bertz CT molecular complexity index is 929. The molecular weight excluding hydrogens is 350 g/mol. The average Bonchev–Trinajstić information content (AvgIpc) is 2.75. The van der Waals surface area contributed by atoms with Gasteiger partial charge in [-0.1, -0.05) is 24.3 Å². The first-order valence-corrected chi connectivity index (χ1v) is 9.94. The smallest absolute Gasteiger partial charge is 0.100 e. The topological polar surface area (TPSA) is 44.7 Å². The molecule has 0 saturated carbocycles. The summed E-state index contributed by atoms with van der Waals surface area (Å²) in [6.07, 6.45) is 5.85. The van der Waals surface area contributed by atoms with Crippen molar-refractivity contribution in [3.05, 3.63) is 72.2 Å². The molecule has 0 amide bonds. The number of aromatic nitrogens is 2. The lowest BCUT2D eigenvalue weighted by Crippen LogP contribution is -2.63. The number of para-hydroxylation sites is 1. The Hall–Kier alpha value is -2.38. The van der Waals surface area contributed by atoms with E-state index in [1.165, 1.54) is 16.5 Å². The van der Waals surface area contributed by atoms with Crippen molar-refractivity contribution < 1.29 is 4.84 Å². The highest BCUT2D eigenvalue weighted by molar-refractivity contribution is 5.81. The molecule has 0 aliphatic carbocycles. The van der Waals surface area contributed by atoms with E-state index in [4.69, 9.17) is 4.84 Å². The number of pyridine rings is 2. The van der Waals surface area contributed by atoms with Gasteiger partial charge in [0.1, 0.15) is 6.17 Å². The molecule has 2 saturated heterocycles. The lowest BCUT2D eigenvalue weighted by atomic mass is 10.1. The van der Waals surface area contributed by atoms with Gasteiger partial charge in [0.05, 0.1) is 18.7 Å². The van der Waals surface area contributed by atoms with Crippen molar-refractivity contribution in [2.45, 2.75) is 19.3 Å². The minimum atomic E-state index is 0.276. The Morgan fingerprint density at radius 3 is 2.75 bits per heavy atom. The third-order valence-electron chi connectivity index (χ3n) is 5.71. The van der Waals surface area contributed by atoms with E-state index in [0.29, 0.717) is 0 Å². The van der Waals surface area contributed by atoms with E-state index in [0.717, 1.165) is 51.4 Å². The van der Waals surface area contributed by atoms with Crippen LogP contribution in [0.5, 0.6) is 0 Å². The molecule has 3 aromatic rings. The van der Waals surface area contributed by atoms with Crippen molar-refractivity contribution >= 4 is 10.9 Å². The zero-order valence-corrected chi connectivity index (χ0v) is 15.9. The van der Waals surface area contributed by atoms with Crippen molar-refractivity contribution in [1.82, 2.24) is 24.8 Å². The molecule has 1 atom stereocenters. The van der Waals surface area contributed by atoms with Crippen LogP contribution in [0.15, 0.2) is 61.1 Å². The van der Waals surface area contributed by atoms with Crippen molar-refractivity contribution in [3.63, 3.8) is 0 Å². The zero-order valence-electron chi connectivity index (χ0n) is 15.9. The molecular formula is C22H25N5O. The maximum atomic E-state index is 6.05. The Morgan fingerprint density at radius 2 is 1.82 bits per heavy atom. The van der Waals surface area contributed by atoms with Crippen LogP contribution < -0.4 is 0 Å². The standard InChI is InChI=1S/C22H25N5O/c1-3-19-5-2-8-24-22(19)20(4-1)16-25-11-12-26-13-14-28-27(21(26)17-25)15-18-6-9-23-10-7-18/h1-10,21H,11-17H2. The highest BCUT2D eigenvalue weighted by Gasteiger charge is 2.35. The summed E-state index contributed by atoms with van der Waals surface area (Å²) in [6, 6.07) is 14.7. The Morgan fingerprint density at radius 1 is 0.929 bits per heavy atom. The SMILES string of the molecule is c1cnc2c(CN3CCN4CCON(Cc5ccncc5)C4C3)cccc2c1. The van der Waals surface area contributed by atoms with Gasteiger partial charge >= 0.3 is 0 Å². The highest BCUT2D eigenvalue weighted by atomic mass is 16.7. The fourth-order valence-corrected chi connectivity index (χ4v) is 4.25. The van der Waals surface area contributed by atoms with Gasteiger partial charge in [0.2, 0.25) is 0 Å². The fraction of sp³-hybridized carbons (Fsp3) is 0.364. The number of nitrogens with zero attached hydrogens (tertiary/aromatic N) is 5. The Labute approximate surface area is 165 Å². The number of hydroxylamine groups is 2. The summed E-state index contributed by atoms with van der Waals surface area (Å²) in [6.45, 7) is 6.57. The van der Waals surface area contributed by atoms with E-state index in [1.54, 1.807) is 0 Å². The van der Waals surface area contributed by atoms with Crippen LogP contribution in [0.4, 0.5) is 0 Å². The van der Waals surface area contributed by atoms with Crippen LogP contribution >= 0.6 is 0 Å². The quantitative estimate of drug-likeness (QED) is 0.698. The molecule has 2 aliphatic heterocycles. The lowest BCUT2D eigenvalue weighted by Gasteiger charge is -2.48. The Kier molecular flexibility index (Phi) is 5.01. The summed E-state index contributed by atoms with van der Waals surface area (Å²) in [5.41, 5.74) is 3.64. The number of benzene rings is 1. The number of rotatable bonds is 4. The van der Waals surface area contributed by atoms with E-state index in [9.17, 15) is 0 Å². The predicted octanol–water partition coefficient (Wildman–Crippen LogP) is 2.52. The molecule has 4 heterocycles. The monoisotopic (exact) mass is 375 g/mol. The lowest BCUT2D eigenvalue weighted by molar-refractivity contribution is -0.272. The van der Waals surface area contributed by atoms with Gasteiger partial charge < -0.3 is 0 Å². The molecule has 2 fully saturated rings. The summed E-state index contributed by atoms with van der Waals surface area (Å²) in [4.78, 5) is 19.9. The first-order valence-electron chi connectivity index (χ1n) is 9.94. The van der Waals surface area contributed by atoms with Gasteiger partial charge in [-0.05, 0) is 29.3 Å². The van der Waals surface area contributed by atoms with Crippen LogP contribution in [0.3, 0.4) is 0 Å². The van der Waals surface area contributed by atoms with Gasteiger partial charge in [0.15, 0.2) is 0 Å². The average molecular weight is 375 g/mol. The first-order chi connectivity index (χ1) is 13.9. The molecule has 6 nitrogen and oxygen atoms in total. The second-order valence-electron chi connectivity index (χ2n) is 7.51.